The molecule has 2 aromatic heterocycles. The molecule has 7 heteroatoms. The van der Waals surface area contributed by atoms with Gasteiger partial charge < -0.3 is 15.6 Å². The zero-order valence-corrected chi connectivity index (χ0v) is 18.3. The van der Waals surface area contributed by atoms with Crippen molar-refractivity contribution >= 4 is 39.9 Å². The lowest BCUT2D eigenvalue weighted by molar-refractivity contribution is 0.104. The number of aromatic nitrogens is 3. The molecule has 0 bridgehead atoms. The van der Waals surface area contributed by atoms with E-state index in [1.54, 1.807) is 0 Å². The molecule has 2 heterocycles. The van der Waals surface area contributed by atoms with Gasteiger partial charge in [0.05, 0.1) is 10.9 Å². The van der Waals surface area contributed by atoms with Crippen LogP contribution in [0, 0.1) is 0 Å². The van der Waals surface area contributed by atoms with Crippen molar-refractivity contribution < 1.29 is 4.79 Å². The first kappa shape index (κ1) is 20.5. The molecular weight excluding hydrogens is 422 g/mol. The van der Waals surface area contributed by atoms with Crippen LogP contribution in [0.25, 0.3) is 11.0 Å². The molecule has 32 heavy (non-hydrogen) atoms. The van der Waals surface area contributed by atoms with Gasteiger partial charge in [0.1, 0.15) is 17.8 Å². The van der Waals surface area contributed by atoms with Gasteiger partial charge in [0, 0.05) is 35.1 Å². The average Bonchev–Trinajstić information content (AvgIpc) is 3.47. The highest BCUT2D eigenvalue weighted by Gasteiger charge is 2.25. The fourth-order valence-electron chi connectivity index (χ4n) is 4.48. The van der Waals surface area contributed by atoms with Gasteiger partial charge in [-0.3, -0.25) is 4.79 Å². The number of carbonyl (C=O) groups is 1. The molecule has 4 aromatic rings. The Morgan fingerprint density at radius 1 is 1.09 bits per heavy atom. The van der Waals surface area contributed by atoms with E-state index in [9.17, 15) is 4.79 Å². The number of benzene rings is 2. The Hall–Kier alpha value is -3.38. The lowest BCUT2D eigenvalue weighted by Crippen LogP contribution is -2.05. The summed E-state index contributed by atoms with van der Waals surface area (Å²) in [7, 11) is 0. The Kier molecular flexibility index (Phi) is 5.53. The van der Waals surface area contributed by atoms with Gasteiger partial charge in [-0.05, 0) is 48.7 Å². The van der Waals surface area contributed by atoms with E-state index in [-0.39, 0.29) is 5.78 Å². The number of halogens is 1. The van der Waals surface area contributed by atoms with Gasteiger partial charge in [0.25, 0.3) is 0 Å². The highest BCUT2D eigenvalue weighted by atomic mass is 35.5. The second-order valence-corrected chi connectivity index (χ2v) is 8.60. The molecule has 0 amide bonds. The molecule has 0 aliphatic heterocycles. The van der Waals surface area contributed by atoms with Crippen LogP contribution in [0.4, 0.5) is 11.5 Å². The van der Waals surface area contributed by atoms with Crippen molar-refractivity contribution in [3.63, 3.8) is 0 Å². The van der Waals surface area contributed by atoms with E-state index in [1.165, 1.54) is 19.2 Å². The standard InChI is InChI=1S/C25H24ClN5O/c26-21-8-4-1-5-17(21)13-28-18-11-9-16(10-12-18)23(32)20-14-31(19-6-2-3-7-19)25-22(20)24(27)29-15-30-25/h1,4-5,8-12,14-15,19,28H,2-3,6-7,13H2,(H2,27,29,30). The van der Waals surface area contributed by atoms with Crippen molar-refractivity contribution in [2.45, 2.75) is 38.3 Å². The van der Waals surface area contributed by atoms with Crippen LogP contribution < -0.4 is 11.1 Å². The summed E-state index contributed by atoms with van der Waals surface area (Å²) in [5.74, 6) is 0.263. The monoisotopic (exact) mass is 445 g/mol. The molecule has 1 aliphatic rings. The van der Waals surface area contributed by atoms with Crippen LogP contribution in [-0.2, 0) is 6.54 Å². The maximum atomic E-state index is 13.4. The molecule has 0 unspecified atom stereocenters. The quantitative estimate of drug-likeness (QED) is 0.376. The van der Waals surface area contributed by atoms with Gasteiger partial charge in [-0.2, -0.15) is 0 Å². The molecule has 6 nitrogen and oxygen atoms in total. The van der Waals surface area contributed by atoms with E-state index in [1.807, 2.05) is 54.7 Å². The highest BCUT2D eigenvalue weighted by Crippen LogP contribution is 2.35. The zero-order chi connectivity index (χ0) is 22.1. The maximum absolute atomic E-state index is 13.4. The molecule has 5 rings (SSSR count). The molecule has 1 saturated carbocycles. The minimum atomic E-state index is -0.0779. The fourth-order valence-corrected chi connectivity index (χ4v) is 4.68. The Bertz CT molecular complexity index is 1280. The molecule has 1 fully saturated rings. The van der Waals surface area contributed by atoms with E-state index >= 15 is 0 Å². The second-order valence-electron chi connectivity index (χ2n) is 8.20. The van der Waals surface area contributed by atoms with E-state index in [0.717, 1.165) is 34.8 Å². The van der Waals surface area contributed by atoms with Gasteiger partial charge in [-0.1, -0.05) is 42.6 Å². The largest absolute Gasteiger partial charge is 0.383 e. The molecule has 2 aromatic carbocycles. The maximum Gasteiger partial charge on any atom is 0.195 e. The van der Waals surface area contributed by atoms with Crippen molar-refractivity contribution in [1.29, 1.82) is 0 Å². The van der Waals surface area contributed by atoms with Crippen molar-refractivity contribution in [2.24, 2.45) is 0 Å². The third kappa shape index (κ3) is 3.82. The van der Waals surface area contributed by atoms with Crippen LogP contribution in [0.5, 0.6) is 0 Å². The lowest BCUT2D eigenvalue weighted by Gasteiger charge is -2.12. The van der Waals surface area contributed by atoms with Crippen LogP contribution in [0.2, 0.25) is 5.02 Å². The SMILES string of the molecule is Nc1ncnc2c1c(C(=O)c1ccc(NCc3ccccc3Cl)cc1)cn2C1CCCC1. The summed E-state index contributed by atoms with van der Waals surface area (Å²) in [6, 6.07) is 15.5. The van der Waals surface area contributed by atoms with E-state index < -0.39 is 0 Å². The molecule has 0 radical (unpaired) electrons. The number of hydrogen-bond acceptors (Lipinski definition) is 5. The topological polar surface area (TPSA) is 85.8 Å². The molecule has 1 aliphatic carbocycles. The van der Waals surface area contributed by atoms with Crippen LogP contribution >= 0.6 is 11.6 Å². The average molecular weight is 446 g/mol. The third-order valence-electron chi connectivity index (χ3n) is 6.19. The number of fused-ring (bicyclic) bond motifs is 1. The van der Waals surface area contributed by atoms with Gasteiger partial charge in [-0.15, -0.1) is 0 Å². The Morgan fingerprint density at radius 3 is 2.59 bits per heavy atom. The normalized spacial score (nSPS) is 14.2. The Balaban J connectivity index is 1.41. The second kappa shape index (κ2) is 8.63. The van der Waals surface area contributed by atoms with E-state index in [4.69, 9.17) is 17.3 Å². The number of rotatable bonds is 6. The summed E-state index contributed by atoms with van der Waals surface area (Å²) in [4.78, 5) is 22.0. The van der Waals surface area contributed by atoms with E-state index in [2.05, 4.69) is 19.9 Å². The summed E-state index contributed by atoms with van der Waals surface area (Å²) < 4.78 is 2.12. The first-order valence-corrected chi connectivity index (χ1v) is 11.2. The zero-order valence-electron chi connectivity index (χ0n) is 17.6. The smallest absolute Gasteiger partial charge is 0.195 e. The molecule has 0 atom stereocenters. The summed E-state index contributed by atoms with van der Waals surface area (Å²) in [6.45, 7) is 0.607. The predicted molar refractivity (Wildman–Crippen MR) is 128 cm³/mol. The molecule has 3 N–H and O–H groups in total. The van der Waals surface area contributed by atoms with Crippen LogP contribution in [0.1, 0.15) is 53.2 Å². The number of ketones is 1. The predicted octanol–water partition coefficient (Wildman–Crippen LogP) is 5.63. The van der Waals surface area contributed by atoms with Crippen molar-refractivity contribution in [3.05, 3.63) is 82.8 Å². The number of nitrogen functional groups attached to an aromatic ring is 1. The number of nitrogens with zero attached hydrogens (tertiary/aromatic N) is 3. The minimum Gasteiger partial charge on any atom is -0.383 e. The van der Waals surface area contributed by atoms with Gasteiger partial charge >= 0.3 is 0 Å². The Labute approximate surface area is 191 Å². The number of nitrogens with one attached hydrogen (secondary N) is 1. The molecule has 162 valence electrons. The Morgan fingerprint density at radius 2 is 1.84 bits per heavy atom. The van der Waals surface area contributed by atoms with E-state index in [0.29, 0.717) is 34.9 Å². The first-order chi connectivity index (χ1) is 15.6. The minimum absolute atomic E-state index is 0.0779. The first-order valence-electron chi connectivity index (χ1n) is 10.8. The molecule has 0 saturated heterocycles. The number of anilines is 2. The molecular formula is C25H24ClN5O. The van der Waals surface area contributed by atoms with Gasteiger partial charge in [0.15, 0.2) is 5.78 Å². The summed E-state index contributed by atoms with van der Waals surface area (Å²) in [6.07, 6.45) is 7.95. The molecule has 0 spiro atoms. The van der Waals surface area contributed by atoms with Crippen molar-refractivity contribution in [2.75, 3.05) is 11.1 Å². The number of nitrogens with two attached hydrogens (primary N) is 1. The van der Waals surface area contributed by atoms with Crippen molar-refractivity contribution in [1.82, 2.24) is 14.5 Å². The van der Waals surface area contributed by atoms with Crippen LogP contribution in [0.15, 0.2) is 61.1 Å². The highest BCUT2D eigenvalue weighted by molar-refractivity contribution is 6.31. The van der Waals surface area contributed by atoms with Crippen LogP contribution in [-0.4, -0.2) is 20.3 Å². The summed E-state index contributed by atoms with van der Waals surface area (Å²) in [5, 5.41) is 4.72. The summed E-state index contributed by atoms with van der Waals surface area (Å²) in [5.41, 5.74) is 10.0. The lowest BCUT2D eigenvalue weighted by atomic mass is 10.0. The van der Waals surface area contributed by atoms with Crippen LogP contribution in [0.3, 0.4) is 0 Å². The fraction of sp³-hybridized carbons (Fsp3) is 0.240. The summed E-state index contributed by atoms with van der Waals surface area (Å²) >= 11 is 6.23. The number of hydrogen-bond donors (Lipinski definition) is 2. The van der Waals surface area contributed by atoms with Crippen molar-refractivity contribution in [3.8, 4) is 0 Å². The number of carbonyl (C=O) groups excluding carboxylic acids is 1. The van der Waals surface area contributed by atoms with Gasteiger partial charge in [0.2, 0.25) is 0 Å². The van der Waals surface area contributed by atoms with Gasteiger partial charge in [-0.25, -0.2) is 9.97 Å². The third-order valence-corrected chi connectivity index (χ3v) is 6.56.